The Hall–Kier alpha value is -4.52. The maximum Gasteiger partial charge on any atom is 0.251 e. The molecule has 4 aromatic rings. The number of benzene rings is 3. The number of rotatable bonds is 9. The highest BCUT2D eigenvalue weighted by Gasteiger charge is 2.24. The fraction of sp³-hybridized carbons (Fsp3) is 0.172. The number of nitrogens with one attached hydrogen (secondary N) is 3. The summed E-state index contributed by atoms with van der Waals surface area (Å²) in [6, 6.07) is 20.9. The molecule has 0 saturated heterocycles. The Balaban J connectivity index is 1.58. The average Bonchev–Trinajstić information content (AvgIpc) is 3.35. The van der Waals surface area contributed by atoms with E-state index in [1.54, 1.807) is 51.6 Å². The van der Waals surface area contributed by atoms with E-state index in [1.165, 1.54) is 6.08 Å². The molecule has 0 aliphatic rings. The molecule has 0 radical (unpaired) electrons. The second-order valence-corrected chi connectivity index (χ2v) is 8.20. The third kappa shape index (κ3) is 5.25. The minimum Gasteiger partial charge on any atom is -0.493 e. The van der Waals surface area contributed by atoms with Gasteiger partial charge in [-0.2, -0.15) is 0 Å². The molecule has 1 unspecified atom stereocenters. The molecule has 0 spiro atoms. The second-order valence-electron chi connectivity index (χ2n) is 8.20. The molecular formula is C29H29N3O4. The normalized spacial score (nSPS) is 11.9. The topological polar surface area (TPSA) is 92.5 Å². The van der Waals surface area contributed by atoms with E-state index < -0.39 is 0 Å². The smallest absolute Gasteiger partial charge is 0.251 e. The van der Waals surface area contributed by atoms with Crippen molar-refractivity contribution < 1.29 is 19.1 Å². The number of ether oxygens (including phenoxy) is 2. The van der Waals surface area contributed by atoms with Gasteiger partial charge in [-0.05, 0) is 41.5 Å². The van der Waals surface area contributed by atoms with Crippen molar-refractivity contribution in [2.75, 3.05) is 27.8 Å². The maximum atomic E-state index is 12.8. The van der Waals surface area contributed by atoms with Crippen LogP contribution < -0.4 is 20.1 Å². The summed E-state index contributed by atoms with van der Waals surface area (Å²) in [6.45, 7) is 0.351. The number of hydrogen-bond acceptors (Lipinski definition) is 4. The molecule has 1 aromatic heterocycles. The van der Waals surface area contributed by atoms with Gasteiger partial charge in [-0.3, -0.25) is 9.59 Å². The first-order valence-corrected chi connectivity index (χ1v) is 11.6. The summed E-state index contributed by atoms with van der Waals surface area (Å²) in [4.78, 5) is 27.8. The molecule has 184 valence electrons. The number of carbonyl (C=O) groups excluding carboxylic acids is 2. The molecule has 0 saturated carbocycles. The largest absolute Gasteiger partial charge is 0.493 e. The first kappa shape index (κ1) is 24.6. The van der Waals surface area contributed by atoms with Crippen LogP contribution in [0.15, 0.2) is 79.0 Å². The van der Waals surface area contributed by atoms with Crippen LogP contribution >= 0.6 is 0 Å². The Morgan fingerprint density at radius 1 is 0.944 bits per heavy atom. The lowest BCUT2D eigenvalue weighted by Crippen LogP contribution is -2.27. The van der Waals surface area contributed by atoms with Crippen LogP contribution in [0.5, 0.6) is 11.5 Å². The van der Waals surface area contributed by atoms with E-state index in [4.69, 9.17) is 9.47 Å². The van der Waals surface area contributed by atoms with E-state index in [-0.39, 0.29) is 17.7 Å². The summed E-state index contributed by atoms with van der Waals surface area (Å²) in [5, 5.41) is 6.70. The highest BCUT2D eigenvalue weighted by Crippen LogP contribution is 2.40. The maximum absolute atomic E-state index is 12.8. The predicted octanol–water partition coefficient (Wildman–Crippen LogP) is 4.51. The third-order valence-electron chi connectivity index (χ3n) is 6.11. The lowest BCUT2D eigenvalue weighted by atomic mass is 9.89. The van der Waals surface area contributed by atoms with E-state index in [0.717, 1.165) is 27.6 Å². The van der Waals surface area contributed by atoms with E-state index >= 15 is 0 Å². The number of H-pyrrole nitrogens is 1. The molecule has 0 fully saturated rings. The van der Waals surface area contributed by atoms with E-state index in [0.29, 0.717) is 23.6 Å². The van der Waals surface area contributed by atoms with E-state index in [1.807, 2.05) is 42.6 Å². The van der Waals surface area contributed by atoms with Crippen molar-refractivity contribution in [1.82, 2.24) is 15.6 Å². The van der Waals surface area contributed by atoms with Crippen LogP contribution in [-0.4, -0.2) is 44.6 Å². The van der Waals surface area contributed by atoms with Crippen molar-refractivity contribution in [3.05, 3.63) is 101 Å². The Morgan fingerprint density at radius 2 is 1.72 bits per heavy atom. The van der Waals surface area contributed by atoms with E-state index in [9.17, 15) is 9.59 Å². The molecule has 0 bridgehead atoms. The van der Waals surface area contributed by atoms with Gasteiger partial charge in [0.15, 0.2) is 11.5 Å². The Bertz CT molecular complexity index is 1390. The summed E-state index contributed by atoms with van der Waals surface area (Å²) in [7, 11) is 4.81. The SMILES string of the molecule is CNC(=O)c1ccc(/C=C/C(=O)NCC(c2cccc(OC)c2OC)c2c[nH]c3ccccc23)cc1. The fourth-order valence-electron chi connectivity index (χ4n) is 4.28. The summed E-state index contributed by atoms with van der Waals surface area (Å²) in [6.07, 6.45) is 5.18. The van der Waals surface area contributed by atoms with Crippen LogP contribution in [0, 0.1) is 0 Å². The molecule has 36 heavy (non-hydrogen) atoms. The minimum absolute atomic E-state index is 0.153. The van der Waals surface area contributed by atoms with Gasteiger partial charge in [0.2, 0.25) is 5.91 Å². The third-order valence-corrected chi connectivity index (χ3v) is 6.11. The summed E-state index contributed by atoms with van der Waals surface area (Å²) < 4.78 is 11.2. The van der Waals surface area contributed by atoms with Gasteiger partial charge in [-0.1, -0.05) is 42.5 Å². The first-order chi connectivity index (χ1) is 17.5. The number of para-hydroxylation sites is 2. The quantitative estimate of drug-likeness (QED) is 0.306. The number of methoxy groups -OCH3 is 2. The molecule has 1 heterocycles. The van der Waals surface area contributed by atoms with Gasteiger partial charge in [-0.25, -0.2) is 0 Å². The molecule has 0 aliphatic carbocycles. The fourth-order valence-corrected chi connectivity index (χ4v) is 4.28. The summed E-state index contributed by atoms with van der Waals surface area (Å²) in [5.41, 5.74) is 4.36. The Morgan fingerprint density at radius 3 is 2.44 bits per heavy atom. The number of aromatic nitrogens is 1. The second kappa shape index (κ2) is 11.3. The van der Waals surface area contributed by atoms with Crippen molar-refractivity contribution in [3.63, 3.8) is 0 Å². The van der Waals surface area contributed by atoms with Crippen molar-refractivity contribution in [2.24, 2.45) is 0 Å². The number of amides is 2. The van der Waals surface area contributed by atoms with Crippen molar-refractivity contribution >= 4 is 28.8 Å². The van der Waals surface area contributed by atoms with Gasteiger partial charge in [0.1, 0.15) is 0 Å². The van der Waals surface area contributed by atoms with Crippen molar-refractivity contribution in [3.8, 4) is 11.5 Å². The molecule has 3 N–H and O–H groups in total. The lowest BCUT2D eigenvalue weighted by molar-refractivity contribution is -0.116. The zero-order valence-corrected chi connectivity index (χ0v) is 20.5. The molecule has 3 aromatic carbocycles. The number of fused-ring (bicyclic) bond motifs is 1. The van der Waals surface area contributed by atoms with Gasteiger partial charge in [0.05, 0.1) is 14.2 Å². The number of aromatic amines is 1. The van der Waals surface area contributed by atoms with Gasteiger partial charge < -0.3 is 25.1 Å². The average molecular weight is 484 g/mol. The van der Waals surface area contributed by atoms with Crippen LogP contribution in [0.4, 0.5) is 0 Å². The monoisotopic (exact) mass is 483 g/mol. The Labute approximate surface area is 210 Å². The summed E-state index contributed by atoms with van der Waals surface area (Å²) in [5.74, 6) is 0.703. The van der Waals surface area contributed by atoms with Crippen LogP contribution in [0.2, 0.25) is 0 Å². The van der Waals surface area contributed by atoms with Gasteiger partial charge in [-0.15, -0.1) is 0 Å². The van der Waals surface area contributed by atoms with Crippen LogP contribution in [0.1, 0.15) is 33.0 Å². The molecular weight excluding hydrogens is 454 g/mol. The summed E-state index contributed by atoms with van der Waals surface area (Å²) >= 11 is 0. The standard InChI is InChI=1S/C29H29N3O4/c1-30-29(34)20-14-11-19(12-15-20)13-16-27(33)32-18-24(22-8-6-10-26(35-2)28(22)36-3)23-17-31-25-9-5-4-7-21(23)25/h4-17,24,31H,18H2,1-3H3,(H,30,34)(H,32,33)/b16-13+. The van der Waals surface area contributed by atoms with Gasteiger partial charge in [0.25, 0.3) is 5.91 Å². The zero-order chi connectivity index (χ0) is 25.5. The molecule has 7 nitrogen and oxygen atoms in total. The zero-order valence-electron chi connectivity index (χ0n) is 20.5. The molecule has 1 atom stereocenters. The Kier molecular flexibility index (Phi) is 7.70. The molecule has 4 rings (SSSR count). The first-order valence-electron chi connectivity index (χ1n) is 11.6. The molecule has 7 heteroatoms. The van der Waals surface area contributed by atoms with E-state index in [2.05, 4.69) is 21.7 Å². The van der Waals surface area contributed by atoms with Gasteiger partial charge in [0, 0.05) is 53.8 Å². The van der Waals surface area contributed by atoms with Gasteiger partial charge >= 0.3 is 0 Å². The number of carbonyl (C=O) groups is 2. The van der Waals surface area contributed by atoms with Crippen molar-refractivity contribution in [2.45, 2.75) is 5.92 Å². The van der Waals surface area contributed by atoms with Crippen molar-refractivity contribution in [1.29, 1.82) is 0 Å². The van der Waals surface area contributed by atoms with Crippen LogP contribution in [-0.2, 0) is 4.79 Å². The molecule has 2 amide bonds. The predicted molar refractivity (Wildman–Crippen MR) is 142 cm³/mol. The lowest BCUT2D eigenvalue weighted by Gasteiger charge is -2.21. The van der Waals surface area contributed by atoms with Crippen LogP contribution in [0.3, 0.4) is 0 Å². The minimum atomic E-state index is -0.225. The van der Waals surface area contributed by atoms with Crippen LogP contribution in [0.25, 0.3) is 17.0 Å². The molecule has 0 aliphatic heterocycles. The highest BCUT2D eigenvalue weighted by atomic mass is 16.5. The highest BCUT2D eigenvalue weighted by molar-refractivity contribution is 5.95. The number of hydrogen-bond donors (Lipinski definition) is 3.